The van der Waals surface area contributed by atoms with Crippen LogP contribution in [0.2, 0.25) is 5.02 Å². The second kappa shape index (κ2) is 7.41. The fourth-order valence-corrected chi connectivity index (χ4v) is 2.79. The van der Waals surface area contributed by atoms with Gasteiger partial charge >= 0.3 is 0 Å². The highest BCUT2D eigenvalue weighted by atomic mass is 35.5. The van der Waals surface area contributed by atoms with E-state index in [1.54, 1.807) is 6.21 Å². The van der Waals surface area contributed by atoms with Gasteiger partial charge in [0, 0.05) is 10.8 Å². The van der Waals surface area contributed by atoms with Gasteiger partial charge in [0.25, 0.3) is 5.95 Å². The standard InChI is InChI=1S/C15H15ClN6OS/c1-10-2-7-13(23-10)8-18-19-14-20-21-15(22(14)17)24-9-11-3-5-12(16)6-4-11/h2-8H,9,17H2,1H3,(H,19,20)/b18-8+. The molecule has 3 aromatic rings. The summed E-state index contributed by atoms with van der Waals surface area (Å²) in [6.07, 6.45) is 1.54. The van der Waals surface area contributed by atoms with Crippen LogP contribution >= 0.6 is 23.4 Å². The molecule has 2 aromatic heterocycles. The number of nitrogens with zero attached hydrogens (tertiary/aromatic N) is 4. The molecule has 0 atom stereocenters. The quantitative estimate of drug-likeness (QED) is 0.302. The van der Waals surface area contributed by atoms with Crippen LogP contribution in [0.4, 0.5) is 5.95 Å². The van der Waals surface area contributed by atoms with Gasteiger partial charge in [0.1, 0.15) is 11.5 Å². The molecule has 0 spiro atoms. The van der Waals surface area contributed by atoms with Crippen molar-refractivity contribution in [3.05, 3.63) is 58.5 Å². The van der Waals surface area contributed by atoms with Gasteiger partial charge in [0.2, 0.25) is 5.16 Å². The lowest BCUT2D eigenvalue weighted by Crippen LogP contribution is -2.13. The Morgan fingerprint density at radius 3 is 2.79 bits per heavy atom. The lowest BCUT2D eigenvalue weighted by atomic mass is 10.2. The van der Waals surface area contributed by atoms with Gasteiger partial charge in [-0.15, -0.1) is 10.2 Å². The van der Waals surface area contributed by atoms with Gasteiger partial charge in [-0.2, -0.15) is 5.10 Å². The molecule has 0 aliphatic heterocycles. The van der Waals surface area contributed by atoms with Crippen molar-refractivity contribution < 1.29 is 4.42 Å². The van der Waals surface area contributed by atoms with Crippen molar-refractivity contribution in [3.63, 3.8) is 0 Å². The highest BCUT2D eigenvalue weighted by Gasteiger charge is 2.09. The van der Waals surface area contributed by atoms with E-state index in [9.17, 15) is 0 Å². The van der Waals surface area contributed by atoms with E-state index in [0.717, 1.165) is 11.3 Å². The first-order chi connectivity index (χ1) is 11.6. The molecule has 3 rings (SSSR count). The lowest BCUT2D eigenvalue weighted by molar-refractivity contribution is 0.528. The molecule has 3 N–H and O–H groups in total. The zero-order valence-electron chi connectivity index (χ0n) is 12.8. The topological polar surface area (TPSA) is 94.3 Å². The molecule has 0 saturated heterocycles. The smallest absolute Gasteiger partial charge is 0.264 e. The van der Waals surface area contributed by atoms with Crippen LogP contribution in [0, 0.1) is 6.92 Å². The summed E-state index contributed by atoms with van der Waals surface area (Å²) in [5, 5.41) is 13.3. The predicted octanol–water partition coefficient (Wildman–Crippen LogP) is 3.29. The zero-order valence-corrected chi connectivity index (χ0v) is 14.4. The Morgan fingerprint density at radius 1 is 1.29 bits per heavy atom. The molecular formula is C15H15ClN6OS. The Morgan fingerprint density at radius 2 is 2.08 bits per heavy atom. The Bertz CT molecular complexity index is 842. The van der Waals surface area contributed by atoms with E-state index < -0.39 is 0 Å². The van der Waals surface area contributed by atoms with E-state index in [1.165, 1.54) is 16.4 Å². The number of halogens is 1. The molecule has 7 nitrogen and oxygen atoms in total. The molecule has 0 fully saturated rings. The molecule has 0 unspecified atom stereocenters. The van der Waals surface area contributed by atoms with E-state index in [1.807, 2.05) is 43.3 Å². The fourth-order valence-electron chi connectivity index (χ4n) is 1.86. The third kappa shape index (κ3) is 4.09. The third-order valence-electron chi connectivity index (χ3n) is 3.06. The largest absolute Gasteiger partial charge is 0.460 e. The van der Waals surface area contributed by atoms with Crippen LogP contribution in [-0.2, 0) is 5.75 Å². The maximum absolute atomic E-state index is 5.97. The van der Waals surface area contributed by atoms with Crippen molar-refractivity contribution >= 4 is 35.5 Å². The molecule has 2 heterocycles. The van der Waals surface area contributed by atoms with Crippen LogP contribution in [0.1, 0.15) is 17.1 Å². The summed E-state index contributed by atoms with van der Waals surface area (Å²) in [7, 11) is 0. The molecule has 124 valence electrons. The summed E-state index contributed by atoms with van der Waals surface area (Å²) >= 11 is 7.34. The molecule has 0 bridgehead atoms. The number of nitrogen functional groups attached to an aromatic ring is 1. The minimum atomic E-state index is 0.341. The van der Waals surface area contributed by atoms with Crippen LogP contribution in [0.25, 0.3) is 0 Å². The number of hydrogen-bond donors (Lipinski definition) is 2. The van der Waals surface area contributed by atoms with Crippen molar-refractivity contribution in [2.75, 3.05) is 11.3 Å². The number of hydrazone groups is 1. The number of furan rings is 1. The molecule has 0 aliphatic carbocycles. The number of anilines is 1. The highest BCUT2D eigenvalue weighted by molar-refractivity contribution is 7.98. The second-order valence-electron chi connectivity index (χ2n) is 4.91. The van der Waals surface area contributed by atoms with Gasteiger partial charge in [-0.3, -0.25) is 0 Å². The fraction of sp³-hybridized carbons (Fsp3) is 0.133. The van der Waals surface area contributed by atoms with Crippen molar-refractivity contribution in [1.29, 1.82) is 0 Å². The first-order valence-electron chi connectivity index (χ1n) is 7.05. The summed E-state index contributed by atoms with van der Waals surface area (Å²) in [6, 6.07) is 11.3. The summed E-state index contributed by atoms with van der Waals surface area (Å²) < 4.78 is 6.73. The molecule has 0 aliphatic rings. The maximum atomic E-state index is 5.97. The molecule has 1 aromatic carbocycles. The van der Waals surface area contributed by atoms with Crippen LogP contribution in [0.5, 0.6) is 0 Å². The Labute approximate surface area is 147 Å². The van der Waals surface area contributed by atoms with Gasteiger partial charge in [-0.25, -0.2) is 10.1 Å². The number of nitrogens with two attached hydrogens (primary N) is 1. The number of rotatable bonds is 6. The Kier molecular flexibility index (Phi) is 5.07. The van der Waals surface area contributed by atoms with Crippen molar-refractivity contribution in [1.82, 2.24) is 14.9 Å². The van der Waals surface area contributed by atoms with Crippen molar-refractivity contribution in [2.24, 2.45) is 5.10 Å². The maximum Gasteiger partial charge on any atom is 0.264 e. The molecular weight excluding hydrogens is 348 g/mol. The first-order valence-corrected chi connectivity index (χ1v) is 8.41. The minimum absolute atomic E-state index is 0.341. The monoisotopic (exact) mass is 362 g/mol. The Balaban J connectivity index is 1.59. The first kappa shape index (κ1) is 16.4. The van der Waals surface area contributed by atoms with Gasteiger partial charge in [-0.05, 0) is 36.8 Å². The van der Waals surface area contributed by atoms with Crippen molar-refractivity contribution in [3.8, 4) is 0 Å². The van der Waals surface area contributed by atoms with E-state index >= 15 is 0 Å². The Hall–Kier alpha value is -2.45. The summed E-state index contributed by atoms with van der Waals surface area (Å²) in [4.78, 5) is 0. The number of thioether (sulfide) groups is 1. The summed E-state index contributed by atoms with van der Waals surface area (Å²) in [6.45, 7) is 1.87. The average molecular weight is 363 g/mol. The number of aromatic nitrogens is 3. The second-order valence-corrected chi connectivity index (χ2v) is 6.29. The molecule has 0 amide bonds. The number of nitrogens with one attached hydrogen (secondary N) is 1. The van der Waals surface area contributed by atoms with Crippen LogP contribution in [-0.4, -0.2) is 21.1 Å². The van der Waals surface area contributed by atoms with E-state index in [0.29, 0.717) is 27.6 Å². The average Bonchev–Trinajstić information content (AvgIpc) is 3.14. The van der Waals surface area contributed by atoms with E-state index in [-0.39, 0.29) is 0 Å². The molecule has 0 saturated carbocycles. The number of hydrogen-bond acceptors (Lipinski definition) is 7. The molecule has 9 heteroatoms. The van der Waals surface area contributed by atoms with Gasteiger partial charge in [0.15, 0.2) is 0 Å². The highest BCUT2D eigenvalue weighted by Crippen LogP contribution is 2.22. The molecule has 0 radical (unpaired) electrons. The van der Waals surface area contributed by atoms with Crippen LogP contribution < -0.4 is 11.3 Å². The predicted molar refractivity (Wildman–Crippen MR) is 95.8 cm³/mol. The minimum Gasteiger partial charge on any atom is -0.460 e. The van der Waals surface area contributed by atoms with E-state index in [4.69, 9.17) is 21.9 Å². The van der Waals surface area contributed by atoms with Crippen LogP contribution in [0.3, 0.4) is 0 Å². The third-order valence-corrected chi connectivity index (χ3v) is 4.33. The zero-order chi connectivity index (χ0) is 16.9. The summed E-state index contributed by atoms with van der Waals surface area (Å²) in [5.41, 5.74) is 3.86. The summed E-state index contributed by atoms with van der Waals surface area (Å²) in [5.74, 6) is 8.47. The van der Waals surface area contributed by atoms with E-state index in [2.05, 4.69) is 20.7 Å². The van der Waals surface area contributed by atoms with Gasteiger partial charge in [0.05, 0.1) is 6.21 Å². The normalized spacial score (nSPS) is 11.2. The number of aryl methyl sites for hydroxylation is 1. The van der Waals surface area contributed by atoms with Gasteiger partial charge < -0.3 is 10.3 Å². The molecule has 24 heavy (non-hydrogen) atoms. The van der Waals surface area contributed by atoms with Crippen molar-refractivity contribution in [2.45, 2.75) is 17.8 Å². The lowest BCUT2D eigenvalue weighted by Gasteiger charge is -2.03. The van der Waals surface area contributed by atoms with Crippen LogP contribution in [0.15, 0.2) is 51.1 Å². The SMILES string of the molecule is Cc1ccc(/C=N/Nc2nnc(SCc3ccc(Cl)cc3)n2N)o1. The number of benzene rings is 1. The van der Waals surface area contributed by atoms with Gasteiger partial charge in [-0.1, -0.05) is 35.5 Å².